The molecule has 0 aliphatic carbocycles. The lowest BCUT2D eigenvalue weighted by atomic mass is 10.1. The van der Waals surface area contributed by atoms with E-state index >= 15 is 0 Å². The lowest BCUT2D eigenvalue weighted by molar-refractivity contribution is -0.116. The van der Waals surface area contributed by atoms with Crippen LogP contribution in [0.4, 0.5) is 0 Å². The predicted molar refractivity (Wildman–Crippen MR) is 93.0 cm³/mol. The normalized spacial score (nSPS) is 11.0. The fraction of sp³-hybridized carbons (Fsp3) is 0.111. The maximum absolute atomic E-state index is 11.9. The van der Waals surface area contributed by atoms with Gasteiger partial charge in [-0.3, -0.25) is 9.48 Å². The summed E-state index contributed by atoms with van der Waals surface area (Å²) in [6, 6.07) is 12.0. The van der Waals surface area contributed by atoms with Crippen molar-refractivity contribution in [3.05, 3.63) is 82.3 Å². The molecule has 0 fully saturated rings. The number of aromatic nitrogens is 2. The van der Waals surface area contributed by atoms with Gasteiger partial charge in [0.1, 0.15) is 0 Å². The van der Waals surface area contributed by atoms with Gasteiger partial charge in [0, 0.05) is 25.0 Å². The van der Waals surface area contributed by atoms with E-state index in [4.69, 9.17) is 0 Å². The number of thiophene rings is 1. The summed E-state index contributed by atoms with van der Waals surface area (Å²) in [7, 11) is 0. The van der Waals surface area contributed by atoms with E-state index in [9.17, 15) is 4.79 Å². The second-order valence-electron chi connectivity index (χ2n) is 5.08. The highest BCUT2D eigenvalue weighted by Crippen LogP contribution is 2.11. The number of nitrogens with zero attached hydrogens (tertiary/aromatic N) is 2. The maximum atomic E-state index is 11.9. The first-order chi connectivity index (χ1) is 11.3. The Labute approximate surface area is 139 Å². The average Bonchev–Trinajstić information content (AvgIpc) is 3.25. The molecular formula is C18H17N3OS. The van der Waals surface area contributed by atoms with Crippen molar-refractivity contribution in [3.8, 4) is 0 Å². The average molecular weight is 323 g/mol. The van der Waals surface area contributed by atoms with E-state index in [0.29, 0.717) is 13.1 Å². The van der Waals surface area contributed by atoms with Gasteiger partial charge in [0.05, 0.1) is 6.54 Å². The van der Waals surface area contributed by atoms with Crippen molar-refractivity contribution in [3.63, 3.8) is 0 Å². The molecule has 0 spiro atoms. The molecule has 0 bridgehead atoms. The number of hydrogen-bond acceptors (Lipinski definition) is 3. The Bertz CT molecular complexity index is 776. The van der Waals surface area contributed by atoms with Crippen LogP contribution in [0, 0.1) is 0 Å². The van der Waals surface area contributed by atoms with E-state index in [0.717, 1.165) is 16.7 Å². The molecule has 0 unspecified atom stereocenters. The van der Waals surface area contributed by atoms with Gasteiger partial charge in [-0.1, -0.05) is 24.3 Å². The topological polar surface area (TPSA) is 46.9 Å². The van der Waals surface area contributed by atoms with Gasteiger partial charge in [0.2, 0.25) is 5.91 Å². The van der Waals surface area contributed by atoms with Gasteiger partial charge in [-0.25, -0.2) is 0 Å². The summed E-state index contributed by atoms with van der Waals surface area (Å²) < 4.78 is 1.87. The summed E-state index contributed by atoms with van der Waals surface area (Å²) in [4.78, 5) is 11.9. The number of carbonyl (C=O) groups excluding carboxylic acids is 1. The third kappa shape index (κ3) is 4.40. The molecule has 1 aromatic carbocycles. The van der Waals surface area contributed by atoms with Gasteiger partial charge < -0.3 is 5.32 Å². The standard InChI is InChI=1S/C18H17N3OS/c22-18(7-6-15-8-11-23-14-15)19-12-16-4-1-2-5-17(16)13-21-10-3-9-20-21/h1-11,14H,12-13H2,(H,19,22). The van der Waals surface area contributed by atoms with Crippen LogP contribution in [0.2, 0.25) is 0 Å². The van der Waals surface area contributed by atoms with E-state index in [2.05, 4.69) is 16.5 Å². The minimum absolute atomic E-state index is 0.0925. The fourth-order valence-electron chi connectivity index (χ4n) is 2.24. The van der Waals surface area contributed by atoms with Crippen LogP contribution in [0.25, 0.3) is 6.08 Å². The molecule has 2 heterocycles. The molecule has 0 aliphatic heterocycles. The summed E-state index contributed by atoms with van der Waals surface area (Å²) in [5, 5.41) is 11.1. The molecular weight excluding hydrogens is 306 g/mol. The molecule has 5 heteroatoms. The van der Waals surface area contributed by atoms with Crippen molar-refractivity contribution in [1.82, 2.24) is 15.1 Å². The molecule has 0 aliphatic rings. The fourth-order valence-corrected chi connectivity index (χ4v) is 2.86. The number of rotatable bonds is 6. The molecule has 1 N–H and O–H groups in total. The van der Waals surface area contributed by atoms with E-state index in [1.807, 2.05) is 58.0 Å². The maximum Gasteiger partial charge on any atom is 0.244 e. The van der Waals surface area contributed by atoms with Crippen LogP contribution < -0.4 is 5.32 Å². The first-order valence-corrected chi connectivity index (χ1v) is 8.28. The third-order valence-electron chi connectivity index (χ3n) is 3.43. The third-order valence-corrected chi connectivity index (χ3v) is 4.13. The molecule has 0 atom stereocenters. The lowest BCUT2D eigenvalue weighted by Gasteiger charge is -2.10. The monoisotopic (exact) mass is 323 g/mol. The first kappa shape index (κ1) is 15.2. The highest BCUT2D eigenvalue weighted by atomic mass is 32.1. The summed E-state index contributed by atoms with van der Waals surface area (Å²) in [5.74, 6) is -0.0925. The molecule has 3 aromatic rings. The second kappa shape index (κ2) is 7.56. The molecule has 116 valence electrons. The number of carbonyl (C=O) groups is 1. The molecule has 3 rings (SSSR count). The van der Waals surface area contributed by atoms with Crippen LogP contribution in [-0.4, -0.2) is 15.7 Å². The van der Waals surface area contributed by atoms with Crippen LogP contribution in [-0.2, 0) is 17.9 Å². The summed E-state index contributed by atoms with van der Waals surface area (Å²) in [6.07, 6.45) is 7.08. The molecule has 4 nitrogen and oxygen atoms in total. The molecule has 23 heavy (non-hydrogen) atoms. The van der Waals surface area contributed by atoms with Crippen molar-refractivity contribution in [2.45, 2.75) is 13.1 Å². The minimum atomic E-state index is -0.0925. The Morgan fingerprint density at radius 2 is 2.09 bits per heavy atom. The zero-order chi connectivity index (χ0) is 15.9. The van der Waals surface area contributed by atoms with Crippen molar-refractivity contribution >= 4 is 23.3 Å². The highest BCUT2D eigenvalue weighted by Gasteiger charge is 2.04. The Balaban J connectivity index is 1.60. The first-order valence-electron chi connectivity index (χ1n) is 7.33. The Hall–Kier alpha value is -2.66. The predicted octanol–water partition coefficient (Wildman–Crippen LogP) is 3.32. The largest absolute Gasteiger partial charge is 0.348 e. The van der Waals surface area contributed by atoms with Gasteiger partial charge in [-0.2, -0.15) is 16.4 Å². The molecule has 0 saturated heterocycles. The summed E-state index contributed by atoms with van der Waals surface area (Å²) in [5.41, 5.74) is 3.29. The zero-order valence-electron chi connectivity index (χ0n) is 12.6. The Kier molecular flexibility index (Phi) is 5.01. The van der Waals surface area contributed by atoms with Crippen molar-refractivity contribution in [1.29, 1.82) is 0 Å². The van der Waals surface area contributed by atoms with Crippen molar-refractivity contribution < 1.29 is 4.79 Å². The quantitative estimate of drug-likeness (QED) is 0.707. The van der Waals surface area contributed by atoms with Crippen LogP contribution in [0.15, 0.2) is 65.6 Å². The summed E-state index contributed by atoms with van der Waals surface area (Å²) in [6.45, 7) is 1.20. The van der Waals surface area contributed by atoms with Crippen molar-refractivity contribution in [2.75, 3.05) is 0 Å². The molecule has 0 saturated carbocycles. The van der Waals surface area contributed by atoms with Gasteiger partial charge in [0.15, 0.2) is 0 Å². The Morgan fingerprint density at radius 1 is 1.22 bits per heavy atom. The van der Waals surface area contributed by atoms with Gasteiger partial charge in [-0.15, -0.1) is 0 Å². The van der Waals surface area contributed by atoms with Crippen LogP contribution in [0.5, 0.6) is 0 Å². The Morgan fingerprint density at radius 3 is 2.83 bits per heavy atom. The minimum Gasteiger partial charge on any atom is -0.348 e. The van der Waals surface area contributed by atoms with Gasteiger partial charge in [0.25, 0.3) is 0 Å². The molecule has 1 amide bonds. The SMILES string of the molecule is O=C(C=Cc1ccsc1)NCc1ccccc1Cn1cccn1. The zero-order valence-corrected chi connectivity index (χ0v) is 13.4. The number of nitrogens with one attached hydrogen (secondary N) is 1. The molecule has 2 aromatic heterocycles. The van der Waals surface area contributed by atoms with Gasteiger partial charge >= 0.3 is 0 Å². The van der Waals surface area contributed by atoms with Gasteiger partial charge in [-0.05, 0) is 45.7 Å². The molecule has 0 radical (unpaired) electrons. The van der Waals surface area contributed by atoms with E-state index in [1.165, 1.54) is 0 Å². The van der Waals surface area contributed by atoms with Crippen LogP contribution in [0.1, 0.15) is 16.7 Å². The van der Waals surface area contributed by atoms with Crippen LogP contribution in [0.3, 0.4) is 0 Å². The number of hydrogen-bond donors (Lipinski definition) is 1. The van der Waals surface area contributed by atoms with E-state index < -0.39 is 0 Å². The number of amides is 1. The lowest BCUT2D eigenvalue weighted by Crippen LogP contribution is -2.21. The second-order valence-corrected chi connectivity index (χ2v) is 5.86. The number of benzene rings is 1. The summed E-state index contributed by atoms with van der Waals surface area (Å²) >= 11 is 1.61. The van der Waals surface area contributed by atoms with Crippen LogP contribution >= 0.6 is 11.3 Å². The smallest absolute Gasteiger partial charge is 0.244 e. The highest BCUT2D eigenvalue weighted by molar-refractivity contribution is 7.08. The van der Waals surface area contributed by atoms with Crippen molar-refractivity contribution in [2.24, 2.45) is 0 Å². The van der Waals surface area contributed by atoms with E-state index in [1.54, 1.807) is 23.6 Å². The van der Waals surface area contributed by atoms with E-state index in [-0.39, 0.29) is 5.91 Å².